The summed E-state index contributed by atoms with van der Waals surface area (Å²) in [4.78, 5) is 14.7. The molecule has 0 unspecified atom stereocenters. The molecule has 1 saturated carbocycles. The Bertz CT molecular complexity index is 620. The summed E-state index contributed by atoms with van der Waals surface area (Å²) in [6.07, 6.45) is 3.77. The highest BCUT2D eigenvalue weighted by Crippen LogP contribution is 2.37. The van der Waals surface area contributed by atoms with Crippen molar-refractivity contribution in [2.24, 2.45) is 5.92 Å². The first-order chi connectivity index (χ1) is 11.1. The van der Waals surface area contributed by atoms with Crippen LogP contribution in [0.25, 0.3) is 0 Å². The molecule has 0 bridgehead atoms. The van der Waals surface area contributed by atoms with Gasteiger partial charge in [0, 0.05) is 30.7 Å². The van der Waals surface area contributed by atoms with Gasteiger partial charge in [-0.25, -0.2) is 4.39 Å². The minimum Gasteiger partial charge on any atom is -0.505 e. The highest BCUT2D eigenvalue weighted by atomic mass is 19.1. The summed E-state index contributed by atoms with van der Waals surface area (Å²) in [6.45, 7) is 2.51. The van der Waals surface area contributed by atoms with Crippen LogP contribution in [0, 0.1) is 11.7 Å². The van der Waals surface area contributed by atoms with Crippen LogP contribution in [0.1, 0.15) is 29.6 Å². The Hall–Kier alpha value is -1.66. The third-order valence-electron chi connectivity index (χ3n) is 5.14. The van der Waals surface area contributed by atoms with Crippen molar-refractivity contribution in [3.05, 3.63) is 29.6 Å². The van der Waals surface area contributed by atoms with Gasteiger partial charge in [0.2, 0.25) is 0 Å². The van der Waals surface area contributed by atoms with Crippen molar-refractivity contribution >= 4 is 5.91 Å². The van der Waals surface area contributed by atoms with Gasteiger partial charge in [-0.3, -0.25) is 9.69 Å². The Kier molecular flexibility index (Phi) is 3.73. The lowest BCUT2D eigenvalue weighted by atomic mass is 10.1. The number of nitrogens with one attached hydrogen (secondary N) is 1. The van der Waals surface area contributed by atoms with E-state index in [9.17, 15) is 14.3 Å². The van der Waals surface area contributed by atoms with E-state index in [0.29, 0.717) is 12.1 Å². The molecule has 3 aliphatic rings. The number of carbonyl (C=O) groups excluding carboxylic acids is 1. The monoisotopic (exact) mass is 320 g/mol. The Morgan fingerprint density at radius 3 is 2.91 bits per heavy atom. The first-order valence-corrected chi connectivity index (χ1v) is 8.25. The summed E-state index contributed by atoms with van der Waals surface area (Å²) >= 11 is 0. The second-order valence-corrected chi connectivity index (χ2v) is 6.89. The molecule has 0 radical (unpaired) electrons. The molecule has 0 aromatic heterocycles. The molecule has 1 amide bonds. The molecule has 1 aromatic carbocycles. The van der Waals surface area contributed by atoms with Crippen LogP contribution < -0.4 is 5.32 Å². The second kappa shape index (κ2) is 5.76. The fraction of sp³-hybridized carbons (Fsp3) is 0.588. The van der Waals surface area contributed by atoms with Gasteiger partial charge in [-0.15, -0.1) is 0 Å². The predicted octanol–water partition coefficient (Wildman–Crippen LogP) is 1.51. The third kappa shape index (κ3) is 3.05. The fourth-order valence-corrected chi connectivity index (χ4v) is 3.67. The first-order valence-electron chi connectivity index (χ1n) is 8.25. The number of phenols is 1. The Morgan fingerprint density at radius 2 is 2.17 bits per heavy atom. The molecule has 2 aliphatic heterocycles. The summed E-state index contributed by atoms with van der Waals surface area (Å²) in [6, 6.07) is 4.13. The third-order valence-corrected chi connectivity index (χ3v) is 5.14. The number of phenolic OH excluding ortho intramolecular Hbond substituents is 1. The molecular formula is C17H21FN2O3. The topological polar surface area (TPSA) is 61.8 Å². The number of carbonyl (C=O) groups is 1. The van der Waals surface area contributed by atoms with Crippen LogP contribution in [0.2, 0.25) is 0 Å². The van der Waals surface area contributed by atoms with Gasteiger partial charge in [-0.2, -0.15) is 0 Å². The van der Waals surface area contributed by atoms with Crippen LogP contribution in [0.3, 0.4) is 0 Å². The largest absolute Gasteiger partial charge is 0.505 e. The zero-order chi connectivity index (χ0) is 16.0. The summed E-state index contributed by atoms with van der Waals surface area (Å²) in [7, 11) is 0. The lowest BCUT2D eigenvalue weighted by Gasteiger charge is -2.35. The number of fused-ring (bicyclic) bond motifs is 1. The van der Waals surface area contributed by atoms with Gasteiger partial charge in [0.1, 0.15) is 0 Å². The summed E-state index contributed by atoms with van der Waals surface area (Å²) < 4.78 is 19.3. The molecule has 3 fully saturated rings. The molecule has 1 aromatic rings. The van der Waals surface area contributed by atoms with Crippen LogP contribution in [-0.2, 0) is 4.74 Å². The Balaban J connectivity index is 1.36. The molecule has 2 heterocycles. The molecule has 23 heavy (non-hydrogen) atoms. The van der Waals surface area contributed by atoms with Crippen molar-refractivity contribution in [3.63, 3.8) is 0 Å². The van der Waals surface area contributed by atoms with Crippen molar-refractivity contribution < 1.29 is 19.0 Å². The van der Waals surface area contributed by atoms with E-state index in [1.54, 1.807) is 0 Å². The van der Waals surface area contributed by atoms with Crippen LogP contribution in [0.4, 0.5) is 4.39 Å². The maximum atomic E-state index is 13.4. The second-order valence-electron chi connectivity index (χ2n) is 6.89. The van der Waals surface area contributed by atoms with Crippen molar-refractivity contribution in [1.82, 2.24) is 10.2 Å². The minimum atomic E-state index is -0.776. The number of ether oxygens (including phenoxy) is 1. The molecule has 124 valence electrons. The Morgan fingerprint density at radius 1 is 1.35 bits per heavy atom. The zero-order valence-corrected chi connectivity index (χ0v) is 12.9. The first kappa shape index (κ1) is 14.9. The molecule has 4 rings (SSSR count). The highest BCUT2D eigenvalue weighted by molar-refractivity contribution is 5.94. The van der Waals surface area contributed by atoms with Crippen LogP contribution in [-0.4, -0.2) is 53.8 Å². The van der Waals surface area contributed by atoms with Crippen LogP contribution in [0.15, 0.2) is 18.2 Å². The molecule has 0 spiro atoms. The van der Waals surface area contributed by atoms with E-state index in [-0.39, 0.29) is 17.5 Å². The summed E-state index contributed by atoms with van der Waals surface area (Å²) in [5.74, 6) is -0.789. The fourth-order valence-electron chi connectivity index (χ4n) is 3.67. The van der Waals surface area contributed by atoms with Gasteiger partial charge in [-0.1, -0.05) is 0 Å². The van der Waals surface area contributed by atoms with E-state index in [0.717, 1.165) is 38.1 Å². The number of hydrogen-bond donors (Lipinski definition) is 2. The average molecular weight is 320 g/mol. The molecular weight excluding hydrogens is 299 g/mol. The lowest BCUT2D eigenvalue weighted by molar-refractivity contribution is -0.0581. The standard InChI is InChI=1S/C17H21FN2O3/c18-14-5-11(3-4-15(14)21)17(22)19-12-6-13-9-23-16(10-1-2-10)8-20(13)7-12/h3-5,10,12-13,16,21H,1-2,6-9H2,(H,19,22)/t12-,13+,16-/m1/s1. The number of aromatic hydroxyl groups is 1. The zero-order valence-electron chi connectivity index (χ0n) is 12.9. The predicted molar refractivity (Wildman–Crippen MR) is 81.8 cm³/mol. The van der Waals surface area contributed by atoms with Crippen molar-refractivity contribution in [1.29, 1.82) is 0 Å². The van der Waals surface area contributed by atoms with Gasteiger partial charge in [0.15, 0.2) is 11.6 Å². The van der Waals surface area contributed by atoms with E-state index in [1.165, 1.54) is 25.0 Å². The SMILES string of the molecule is O=C(N[C@@H]1C[C@H]2CO[C@@H](C3CC3)CN2C1)c1ccc(O)c(F)c1. The van der Waals surface area contributed by atoms with Gasteiger partial charge < -0.3 is 15.2 Å². The van der Waals surface area contributed by atoms with Gasteiger partial charge in [0.25, 0.3) is 5.91 Å². The van der Waals surface area contributed by atoms with Gasteiger partial charge in [0.05, 0.1) is 12.7 Å². The molecule has 2 N–H and O–H groups in total. The lowest BCUT2D eigenvalue weighted by Crippen LogP contribution is -2.47. The van der Waals surface area contributed by atoms with E-state index >= 15 is 0 Å². The van der Waals surface area contributed by atoms with Crippen LogP contribution >= 0.6 is 0 Å². The minimum absolute atomic E-state index is 0.0610. The number of benzene rings is 1. The van der Waals surface area contributed by atoms with Gasteiger partial charge >= 0.3 is 0 Å². The molecule has 1 aliphatic carbocycles. The Labute approximate surface area is 134 Å². The number of nitrogens with zero attached hydrogens (tertiary/aromatic N) is 1. The average Bonchev–Trinajstić information content (AvgIpc) is 3.30. The quantitative estimate of drug-likeness (QED) is 0.886. The normalized spacial score (nSPS) is 30.9. The maximum absolute atomic E-state index is 13.4. The van der Waals surface area contributed by atoms with Crippen molar-refractivity contribution in [2.45, 2.75) is 37.5 Å². The number of halogens is 1. The summed E-state index contributed by atoms with van der Waals surface area (Å²) in [5.41, 5.74) is 0.234. The van der Waals surface area contributed by atoms with Gasteiger partial charge in [-0.05, 0) is 43.4 Å². The maximum Gasteiger partial charge on any atom is 0.251 e. The number of amides is 1. The molecule has 5 nitrogen and oxygen atoms in total. The van der Waals surface area contributed by atoms with E-state index in [2.05, 4.69) is 10.2 Å². The van der Waals surface area contributed by atoms with E-state index < -0.39 is 11.6 Å². The number of rotatable bonds is 3. The highest BCUT2D eigenvalue weighted by Gasteiger charge is 2.42. The van der Waals surface area contributed by atoms with E-state index in [4.69, 9.17) is 4.74 Å². The van der Waals surface area contributed by atoms with Crippen molar-refractivity contribution in [3.8, 4) is 5.75 Å². The summed E-state index contributed by atoms with van der Waals surface area (Å²) in [5, 5.41) is 12.2. The molecule has 3 atom stereocenters. The van der Waals surface area contributed by atoms with Crippen LogP contribution in [0.5, 0.6) is 5.75 Å². The number of hydrogen-bond acceptors (Lipinski definition) is 4. The number of morpholine rings is 1. The van der Waals surface area contributed by atoms with E-state index in [1.807, 2.05) is 0 Å². The molecule has 6 heteroatoms. The molecule has 2 saturated heterocycles. The van der Waals surface area contributed by atoms with Crippen molar-refractivity contribution in [2.75, 3.05) is 19.7 Å². The smallest absolute Gasteiger partial charge is 0.251 e.